The van der Waals surface area contributed by atoms with E-state index >= 15 is 0 Å². The molecule has 2 heterocycles. The van der Waals surface area contributed by atoms with Crippen LogP contribution in [-0.2, 0) is 32.8 Å². The van der Waals surface area contributed by atoms with Crippen molar-refractivity contribution in [2.45, 2.75) is 48.8 Å². The highest BCUT2D eigenvalue weighted by Crippen LogP contribution is 2.35. The lowest BCUT2D eigenvalue weighted by Crippen LogP contribution is -2.39. The Morgan fingerprint density at radius 3 is 2.50 bits per heavy atom. The molecule has 11 heteroatoms. The fraction of sp³-hybridized carbons (Fsp3) is 0.353. The normalized spacial score (nSPS) is 17.8. The van der Waals surface area contributed by atoms with E-state index in [0.29, 0.717) is 11.4 Å². The van der Waals surface area contributed by atoms with Gasteiger partial charge < -0.3 is 5.32 Å². The van der Waals surface area contributed by atoms with Crippen molar-refractivity contribution >= 4 is 25.9 Å². The van der Waals surface area contributed by atoms with Gasteiger partial charge >= 0.3 is 6.03 Å². The van der Waals surface area contributed by atoms with E-state index < -0.39 is 36.0 Å². The largest absolute Gasteiger partial charge is 0.330 e. The van der Waals surface area contributed by atoms with Gasteiger partial charge in [-0.2, -0.15) is 0 Å². The predicted molar refractivity (Wildman–Crippen MR) is 101 cm³/mol. The summed E-state index contributed by atoms with van der Waals surface area (Å²) in [4.78, 5) is 19.7. The van der Waals surface area contributed by atoms with Crippen molar-refractivity contribution in [2.24, 2.45) is 0 Å². The van der Waals surface area contributed by atoms with E-state index in [1.807, 2.05) is 4.72 Å². The summed E-state index contributed by atoms with van der Waals surface area (Å²) < 4.78 is 52.2. The Balaban J connectivity index is 1.80. The minimum Gasteiger partial charge on any atom is -0.330 e. The molecule has 28 heavy (non-hydrogen) atoms. The van der Waals surface area contributed by atoms with E-state index in [0.717, 1.165) is 11.4 Å². The standard InChI is InChI=1S/C17H20N4O5S2/c1-10-7-11(2)20-15(19-10)9-18-17(22)21-28(25,26)14-6-4-5-13-8-12(3)27(23,24)16(13)14/h4-7,12H,8-9H2,1-3H3,(H2,18,21,22). The van der Waals surface area contributed by atoms with Gasteiger partial charge in [0, 0.05) is 11.4 Å². The van der Waals surface area contributed by atoms with Gasteiger partial charge in [-0.15, -0.1) is 0 Å². The monoisotopic (exact) mass is 424 g/mol. The number of amides is 2. The summed E-state index contributed by atoms with van der Waals surface area (Å²) in [5, 5.41) is 1.66. The summed E-state index contributed by atoms with van der Waals surface area (Å²) in [7, 11) is -8.15. The highest BCUT2D eigenvalue weighted by molar-refractivity contribution is 7.94. The zero-order valence-corrected chi connectivity index (χ0v) is 17.2. The molecule has 0 saturated heterocycles. The molecule has 1 unspecified atom stereocenters. The zero-order chi connectivity index (χ0) is 20.7. The van der Waals surface area contributed by atoms with Crippen molar-refractivity contribution in [2.75, 3.05) is 0 Å². The molecule has 1 aliphatic heterocycles. The van der Waals surface area contributed by atoms with Crippen LogP contribution < -0.4 is 10.0 Å². The average molecular weight is 425 g/mol. The Labute approximate surface area is 163 Å². The number of aromatic nitrogens is 2. The summed E-state index contributed by atoms with van der Waals surface area (Å²) in [6.07, 6.45) is 0.233. The summed E-state index contributed by atoms with van der Waals surface area (Å²) in [6.45, 7) is 5.00. The van der Waals surface area contributed by atoms with Gasteiger partial charge in [-0.25, -0.2) is 36.3 Å². The number of carbonyl (C=O) groups is 1. The lowest BCUT2D eigenvalue weighted by molar-refractivity contribution is 0.245. The second-order valence-electron chi connectivity index (χ2n) is 6.66. The van der Waals surface area contributed by atoms with E-state index in [4.69, 9.17) is 0 Å². The van der Waals surface area contributed by atoms with Crippen molar-refractivity contribution in [3.63, 3.8) is 0 Å². The molecule has 3 rings (SSSR count). The summed E-state index contributed by atoms with van der Waals surface area (Å²) in [6, 6.07) is 4.99. The number of hydrogen-bond donors (Lipinski definition) is 2. The second kappa shape index (κ2) is 7.13. The first kappa shape index (κ1) is 20.2. The number of fused-ring (bicyclic) bond motifs is 1. The maximum atomic E-state index is 12.6. The number of hydrogen-bond acceptors (Lipinski definition) is 7. The Kier molecular flexibility index (Phi) is 5.15. The molecule has 2 aromatic rings. The van der Waals surface area contributed by atoms with Crippen LogP contribution in [0.1, 0.15) is 29.7 Å². The molecule has 0 bridgehead atoms. The van der Waals surface area contributed by atoms with Crippen LogP contribution in [0.2, 0.25) is 0 Å². The van der Waals surface area contributed by atoms with Gasteiger partial charge in [-0.05, 0) is 44.9 Å². The Hall–Kier alpha value is -2.53. The number of aryl methyl sites for hydroxylation is 2. The lowest BCUT2D eigenvalue weighted by atomic mass is 10.1. The number of benzene rings is 1. The van der Waals surface area contributed by atoms with Crippen molar-refractivity contribution in [3.8, 4) is 0 Å². The first-order valence-electron chi connectivity index (χ1n) is 8.48. The maximum Gasteiger partial charge on any atom is 0.329 e. The predicted octanol–water partition coefficient (Wildman–Crippen LogP) is 1.000. The number of sulfonamides is 1. The first-order valence-corrected chi connectivity index (χ1v) is 11.5. The molecular weight excluding hydrogens is 404 g/mol. The van der Waals surface area contributed by atoms with E-state index in [2.05, 4.69) is 15.3 Å². The average Bonchev–Trinajstić information content (AvgIpc) is 2.81. The molecule has 150 valence electrons. The van der Waals surface area contributed by atoms with Crippen LogP contribution in [0.5, 0.6) is 0 Å². The lowest BCUT2D eigenvalue weighted by Gasteiger charge is -2.12. The maximum absolute atomic E-state index is 12.6. The van der Waals surface area contributed by atoms with Crippen LogP contribution in [0, 0.1) is 13.8 Å². The Morgan fingerprint density at radius 1 is 1.21 bits per heavy atom. The van der Waals surface area contributed by atoms with Crippen LogP contribution in [-0.4, -0.2) is 38.1 Å². The topological polar surface area (TPSA) is 135 Å². The van der Waals surface area contributed by atoms with Gasteiger partial charge in [0.25, 0.3) is 10.0 Å². The van der Waals surface area contributed by atoms with Gasteiger partial charge in [-0.3, -0.25) is 0 Å². The molecule has 1 aromatic heterocycles. The molecule has 0 spiro atoms. The molecule has 0 aliphatic carbocycles. The van der Waals surface area contributed by atoms with E-state index in [1.54, 1.807) is 26.0 Å². The molecular formula is C17H20N4O5S2. The number of nitrogens with one attached hydrogen (secondary N) is 2. The third kappa shape index (κ3) is 3.85. The minimum absolute atomic E-state index is 0.0773. The van der Waals surface area contributed by atoms with E-state index in [1.165, 1.54) is 19.1 Å². The third-order valence-corrected chi connectivity index (χ3v) is 8.11. The minimum atomic E-state index is -4.38. The summed E-state index contributed by atoms with van der Waals surface area (Å²) in [5.74, 6) is 0.335. The van der Waals surface area contributed by atoms with Crippen molar-refractivity contribution < 1.29 is 21.6 Å². The SMILES string of the molecule is Cc1cc(C)nc(CNC(=O)NS(=O)(=O)c2cccc3c2S(=O)(=O)C(C)C3)n1. The number of rotatable bonds is 4. The smallest absolute Gasteiger partial charge is 0.329 e. The molecule has 1 aromatic carbocycles. The molecule has 0 radical (unpaired) electrons. The fourth-order valence-electron chi connectivity index (χ4n) is 3.13. The van der Waals surface area contributed by atoms with Gasteiger partial charge in [0.2, 0.25) is 0 Å². The molecule has 1 atom stereocenters. The van der Waals surface area contributed by atoms with Crippen molar-refractivity contribution in [1.82, 2.24) is 20.0 Å². The van der Waals surface area contributed by atoms with E-state index in [-0.39, 0.29) is 17.9 Å². The van der Waals surface area contributed by atoms with Crippen molar-refractivity contribution in [1.29, 1.82) is 0 Å². The van der Waals surface area contributed by atoms with Crippen LogP contribution in [0.25, 0.3) is 0 Å². The van der Waals surface area contributed by atoms with Crippen molar-refractivity contribution in [3.05, 3.63) is 47.0 Å². The fourth-order valence-corrected chi connectivity index (χ4v) is 6.53. The third-order valence-electron chi connectivity index (χ3n) is 4.33. The number of urea groups is 1. The summed E-state index contributed by atoms with van der Waals surface area (Å²) >= 11 is 0. The number of carbonyl (C=O) groups excluding carboxylic acids is 1. The van der Waals surface area contributed by atoms with Gasteiger partial charge in [0.15, 0.2) is 9.84 Å². The Bertz CT molecular complexity index is 1140. The van der Waals surface area contributed by atoms with Crippen LogP contribution in [0.3, 0.4) is 0 Å². The molecule has 0 fully saturated rings. The highest BCUT2D eigenvalue weighted by Gasteiger charge is 2.39. The molecule has 2 N–H and O–H groups in total. The van der Waals surface area contributed by atoms with Crippen LogP contribution >= 0.6 is 0 Å². The zero-order valence-electron chi connectivity index (χ0n) is 15.6. The molecule has 0 saturated carbocycles. The van der Waals surface area contributed by atoms with Gasteiger partial charge in [-0.1, -0.05) is 12.1 Å². The second-order valence-corrected chi connectivity index (χ2v) is 10.6. The number of nitrogens with zero attached hydrogens (tertiary/aromatic N) is 2. The number of sulfone groups is 1. The van der Waals surface area contributed by atoms with Crippen LogP contribution in [0.4, 0.5) is 4.79 Å². The van der Waals surface area contributed by atoms with E-state index in [9.17, 15) is 21.6 Å². The molecule has 1 aliphatic rings. The highest BCUT2D eigenvalue weighted by atomic mass is 32.2. The van der Waals surface area contributed by atoms with Gasteiger partial charge in [0.05, 0.1) is 16.7 Å². The quantitative estimate of drug-likeness (QED) is 0.747. The first-order chi connectivity index (χ1) is 13.0. The Morgan fingerprint density at radius 2 is 1.86 bits per heavy atom. The summed E-state index contributed by atoms with van der Waals surface area (Å²) in [5.41, 5.74) is 1.87. The molecule has 2 amide bonds. The molecule has 9 nitrogen and oxygen atoms in total. The van der Waals surface area contributed by atoms with Crippen LogP contribution in [0.15, 0.2) is 34.1 Å². The van der Waals surface area contributed by atoms with Gasteiger partial charge in [0.1, 0.15) is 10.7 Å².